The van der Waals surface area contributed by atoms with E-state index in [0.717, 1.165) is 10.6 Å². The number of alkyl carbamates (subject to hydrolysis) is 1. The fourth-order valence-corrected chi connectivity index (χ4v) is 1.77. The minimum Gasteiger partial charge on any atom is -0.450 e. The van der Waals surface area contributed by atoms with Crippen LogP contribution < -0.4 is 10.6 Å². The van der Waals surface area contributed by atoms with Crippen LogP contribution in [0.25, 0.3) is 0 Å². The van der Waals surface area contributed by atoms with Crippen molar-refractivity contribution in [2.75, 3.05) is 11.9 Å². The minimum absolute atomic E-state index is 0.458. The van der Waals surface area contributed by atoms with E-state index in [0.29, 0.717) is 18.2 Å². The first-order chi connectivity index (χ1) is 10.8. The second-order valence-electron chi connectivity index (χ2n) is 4.34. The van der Waals surface area contributed by atoms with Gasteiger partial charge in [-0.3, -0.25) is 5.32 Å². The number of carbonyl (C=O) groups is 1. The summed E-state index contributed by atoms with van der Waals surface area (Å²) in [6.07, 6.45) is -14.0. The maximum absolute atomic E-state index is 13.2. The Morgan fingerprint density at radius 2 is 1.71 bits per heavy atom. The Bertz CT molecular complexity index is 590. The number of carbonyl (C=O) groups excluding carboxylic acids is 1. The van der Waals surface area contributed by atoms with Crippen LogP contribution in [-0.4, -0.2) is 30.7 Å². The lowest BCUT2D eigenvalue weighted by molar-refractivity contribution is -0.294. The molecule has 0 aromatic heterocycles. The molecular weight excluding hydrogens is 373 g/mol. The van der Waals surface area contributed by atoms with Gasteiger partial charge in [0.25, 0.3) is 0 Å². The minimum atomic E-state index is -6.02. The highest BCUT2D eigenvalue weighted by atomic mass is 35.5. The first-order valence-electron chi connectivity index (χ1n) is 6.15. The second kappa shape index (κ2) is 6.91. The van der Waals surface area contributed by atoms with Gasteiger partial charge in [-0.2, -0.15) is 26.3 Å². The second-order valence-corrected chi connectivity index (χ2v) is 4.75. The number of amides is 1. The Kier molecular flexibility index (Phi) is 5.80. The van der Waals surface area contributed by atoms with Gasteiger partial charge in [0.15, 0.2) is 0 Å². The SMILES string of the molecule is CCOC(=O)NC(Nc1ccc(F)c(Cl)c1)(C(F)(F)F)C(F)(F)F. The number of nitrogens with one attached hydrogen (secondary N) is 2. The zero-order valence-corrected chi connectivity index (χ0v) is 12.5. The Morgan fingerprint density at radius 3 is 2.12 bits per heavy atom. The largest absolute Gasteiger partial charge is 0.450 e. The summed E-state index contributed by atoms with van der Waals surface area (Å²) in [5.74, 6) is -1.05. The summed E-state index contributed by atoms with van der Waals surface area (Å²) in [5.41, 5.74) is -5.69. The van der Waals surface area contributed by atoms with Crippen molar-refractivity contribution >= 4 is 23.4 Å². The Labute approximate surface area is 135 Å². The summed E-state index contributed by atoms with van der Waals surface area (Å²) in [5, 5.41) is 1.14. The summed E-state index contributed by atoms with van der Waals surface area (Å²) < 4.78 is 96.2. The predicted octanol–water partition coefficient (Wildman–Crippen LogP) is 4.46. The summed E-state index contributed by atoms with van der Waals surface area (Å²) >= 11 is 5.34. The quantitative estimate of drug-likeness (QED) is 0.597. The third-order valence-electron chi connectivity index (χ3n) is 2.67. The molecule has 4 nitrogen and oxygen atoms in total. The van der Waals surface area contributed by atoms with Gasteiger partial charge in [-0.1, -0.05) is 11.6 Å². The molecule has 136 valence electrons. The van der Waals surface area contributed by atoms with E-state index < -0.39 is 47.2 Å². The molecule has 0 unspecified atom stereocenters. The molecule has 0 radical (unpaired) electrons. The van der Waals surface area contributed by atoms with Gasteiger partial charge >= 0.3 is 24.1 Å². The van der Waals surface area contributed by atoms with Gasteiger partial charge in [0.2, 0.25) is 0 Å². The lowest BCUT2D eigenvalue weighted by atomic mass is 10.1. The molecular formula is C12H10ClF7N2O2. The van der Waals surface area contributed by atoms with Crippen LogP contribution >= 0.6 is 11.6 Å². The third kappa shape index (κ3) is 4.13. The fraction of sp³-hybridized carbons (Fsp3) is 0.417. The lowest BCUT2D eigenvalue weighted by Gasteiger charge is -2.38. The Morgan fingerprint density at radius 1 is 1.17 bits per heavy atom. The number of anilines is 1. The number of alkyl halides is 6. The van der Waals surface area contributed by atoms with E-state index in [1.165, 1.54) is 6.92 Å². The van der Waals surface area contributed by atoms with Gasteiger partial charge in [-0.25, -0.2) is 9.18 Å². The van der Waals surface area contributed by atoms with Crippen LogP contribution in [0.4, 0.5) is 41.2 Å². The van der Waals surface area contributed by atoms with Crippen molar-refractivity contribution < 1.29 is 40.3 Å². The van der Waals surface area contributed by atoms with Crippen molar-refractivity contribution in [1.82, 2.24) is 5.32 Å². The van der Waals surface area contributed by atoms with Crippen molar-refractivity contribution in [3.63, 3.8) is 0 Å². The molecule has 0 bridgehead atoms. The van der Waals surface area contributed by atoms with Crippen LogP contribution in [0, 0.1) is 5.82 Å². The van der Waals surface area contributed by atoms with Gasteiger partial charge in [0.05, 0.1) is 11.6 Å². The summed E-state index contributed by atoms with van der Waals surface area (Å²) in [7, 11) is 0. The van der Waals surface area contributed by atoms with E-state index >= 15 is 0 Å². The van der Waals surface area contributed by atoms with Crippen molar-refractivity contribution in [2.24, 2.45) is 0 Å². The average Bonchev–Trinajstić information content (AvgIpc) is 2.39. The van der Waals surface area contributed by atoms with Crippen LogP contribution in [0.2, 0.25) is 5.02 Å². The van der Waals surface area contributed by atoms with E-state index in [9.17, 15) is 35.5 Å². The highest BCUT2D eigenvalue weighted by Gasteiger charge is 2.73. The van der Waals surface area contributed by atoms with E-state index in [2.05, 4.69) is 4.74 Å². The van der Waals surface area contributed by atoms with Gasteiger partial charge in [-0.05, 0) is 25.1 Å². The van der Waals surface area contributed by atoms with Crippen LogP contribution in [-0.2, 0) is 4.74 Å². The molecule has 0 fully saturated rings. The number of ether oxygens (including phenoxy) is 1. The molecule has 1 aromatic carbocycles. The summed E-state index contributed by atoms with van der Waals surface area (Å²) in [6.45, 7) is 0.732. The van der Waals surface area contributed by atoms with Crippen molar-refractivity contribution in [1.29, 1.82) is 0 Å². The molecule has 0 saturated carbocycles. The van der Waals surface area contributed by atoms with Gasteiger partial charge < -0.3 is 10.1 Å². The maximum atomic E-state index is 13.2. The number of halogens is 8. The molecule has 1 aromatic rings. The van der Waals surface area contributed by atoms with E-state index in [-0.39, 0.29) is 0 Å². The molecule has 12 heteroatoms. The molecule has 0 aliphatic carbocycles. The first-order valence-corrected chi connectivity index (χ1v) is 6.53. The smallest absolute Gasteiger partial charge is 0.439 e. The molecule has 1 rings (SSSR count). The van der Waals surface area contributed by atoms with Crippen LogP contribution in [0.1, 0.15) is 6.92 Å². The number of rotatable bonds is 4. The molecule has 0 saturated heterocycles. The number of benzene rings is 1. The number of hydrogen-bond donors (Lipinski definition) is 2. The van der Waals surface area contributed by atoms with Crippen LogP contribution in [0.3, 0.4) is 0 Å². The molecule has 0 aliphatic rings. The maximum Gasteiger partial charge on any atom is 0.439 e. The van der Waals surface area contributed by atoms with Crippen LogP contribution in [0.5, 0.6) is 0 Å². The monoisotopic (exact) mass is 382 g/mol. The molecule has 0 atom stereocenters. The van der Waals surface area contributed by atoms with Gasteiger partial charge in [0.1, 0.15) is 5.82 Å². The summed E-state index contributed by atoms with van der Waals surface area (Å²) in [6, 6.07) is 1.67. The molecule has 0 spiro atoms. The highest BCUT2D eigenvalue weighted by Crippen LogP contribution is 2.43. The number of hydrogen-bond acceptors (Lipinski definition) is 3. The molecule has 24 heavy (non-hydrogen) atoms. The molecule has 2 N–H and O–H groups in total. The normalized spacial score (nSPS) is 12.7. The molecule has 0 aliphatic heterocycles. The van der Waals surface area contributed by atoms with E-state index in [1.54, 1.807) is 0 Å². The third-order valence-corrected chi connectivity index (χ3v) is 2.96. The van der Waals surface area contributed by atoms with Crippen molar-refractivity contribution in [3.05, 3.63) is 29.0 Å². The predicted molar refractivity (Wildman–Crippen MR) is 70.0 cm³/mol. The molecule has 1 amide bonds. The lowest BCUT2D eigenvalue weighted by Crippen LogP contribution is -2.72. The summed E-state index contributed by atoms with van der Waals surface area (Å²) in [4.78, 5) is 11.2. The van der Waals surface area contributed by atoms with Crippen LogP contribution in [0.15, 0.2) is 18.2 Å². The van der Waals surface area contributed by atoms with E-state index in [1.807, 2.05) is 0 Å². The Hall–Kier alpha value is -1.91. The molecule has 0 heterocycles. The van der Waals surface area contributed by atoms with Crippen molar-refractivity contribution in [3.8, 4) is 0 Å². The standard InChI is InChI=1S/C12H10ClF7N2O2/c1-2-24-9(23)22-10(11(15,16)17,12(18,19)20)21-6-3-4-8(14)7(13)5-6/h3-5,21H,2H2,1H3,(H,22,23). The zero-order chi connectivity index (χ0) is 18.8. The van der Waals surface area contributed by atoms with E-state index in [4.69, 9.17) is 11.6 Å². The first kappa shape index (κ1) is 20.1. The van der Waals surface area contributed by atoms with Gasteiger partial charge in [-0.15, -0.1) is 0 Å². The zero-order valence-electron chi connectivity index (χ0n) is 11.8. The van der Waals surface area contributed by atoms with Gasteiger partial charge in [0, 0.05) is 5.69 Å². The fourth-order valence-electron chi connectivity index (χ4n) is 1.59. The highest BCUT2D eigenvalue weighted by molar-refractivity contribution is 6.31. The Balaban J connectivity index is 3.39. The topological polar surface area (TPSA) is 50.4 Å². The van der Waals surface area contributed by atoms with Crippen molar-refractivity contribution in [2.45, 2.75) is 24.9 Å². The average molecular weight is 383 g/mol.